The van der Waals surface area contributed by atoms with Crippen molar-refractivity contribution in [2.45, 2.75) is 6.42 Å². The molecule has 0 atom stereocenters. The van der Waals surface area contributed by atoms with Gasteiger partial charge in [-0.25, -0.2) is 0 Å². The number of carbonyl (C=O) groups is 3. The van der Waals surface area contributed by atoms with E-state index >= 15 is 0 Å². The largest absolute Gasteiger partial charge is 0.545 e. The Hall–Kier alpha value is -3.17. The molecule has 0 saturated carbocycles. The Morgan fingerprint density at radius 1 is 1.20 bits per heavy atom. The van der Waals surface area contributed by atoms with Crippen LogP contribution in [-0.4, -0.2) is 40.7 Å². The average Bonchev–Trinajstić information content (AvgIpc) is 2.99. The normalized spacial score (nSPS) is 14.8. The molecule has 2 aromatic rings. The van der Waals surface area contributed by atoms with Crippen LogP contribution in [0, 0.1) is 0 Å². The topological polar surface area (TPSA) is 98.8 Å². The van der Waals surface area contributed by atoms with Gasteiger partial charge in [0.15, 0.2) is 0 Å². The summed E-state index contributed by atoms with van der Waals surface area (Å²) in [5.41, 5.74) is 0.901. The monoisotopic (exact) mass is 441 g/mol. The first-order chi connectivity index (χ1) is 14.4. The van der Waals surface area contributed by atoms with Gasteiger partial charge in [0.05, 0.1) is 18.0 Å². The summed E-state index contributed by atoms with van der Waals surface area (Å²) in [5, 5.41) is 13.4. The number of ether oxygens (including phenoxy) is 1. The predicted octanol–water partition coefficient (Wildman–Crippen LogP) is 2.92. The minimum Gasteiger partial charge on any atom is -0.545 e. The van der Waals surface area contributed by atoms with Gasteiger partial charge in [0, 0.05) is 24.2 Å². The second kappa shape index (κ2) is 9.55. The van der Waals surface area contributed by atoms with Crippen molar-refractivity contribution < 1.29 is 24.2 Å². The minimum atomic E-state index is -1.38. The molecule has 1 fully saturated rings. The number of rotatable bonds is 7. The van der Waals surface area contributed by atoms with Gasteiger partial charge in [-0.2, -0.15) is 0 Å². The summed E-state index contributed by atoms with van der Waals surface area (Å²) in [7, 11) is 1.58. The lowest BCUT2D eigenvalue weighted by Crippen LogP contribution is -2.31. The minimum absolute atomic E-state index is 0.0381. The molecule has 154 valence electrons. The maximum atomic E-state index is 12.3. The number of amides is 2. The van der Waals surface area contributed by atoms with Gasteiger partial charge in [-0.15, -0.1) is 0 Å². The summed E-state index contributed by atoms with van der Waals surface area (Å²) < 4.78 is 5.12. The zero-order chi connectivity index (χ0) is 21.7. The number of aromatic carboxylic acids is 1. The van der Waals surface area contributed by atoms with Crippen molar-refractivity contribution in [2.75, 3.05) is 19.0 Å². The van der Waals surface area contributed by atoms with E-state index in [-0.39, 0.29) is 29.5 Å². The molecule has 0 bridgehead atoms. The van der Waals surface area contributed by atoms with Gasteiger partial charge in [-0.05, 0) is 41.6 Å². The van der Waals surface area contributed by atoms with Gasteiger partial charge in [-0.1, -0.05) is 42.5 Å². The Morgan fingerprint density at radius 3 is 2.57 bits per heavy atom. The molecular weight excluding hydrogens is 424 g/mol. The molecule has 0 aliphatic carbocycles. The van der Waals surface area contributed by atoms with Crippen molar-refractivity contribution >= 4 is 57.8 Å². The van der Waals surface area contributed by atoms with E-state index in [0.717, 1.165) is 23.1 Å². The van der Waals surface area contributed by atoms with E-state index in [1.165, 1.54) is 23.1 Å². The standard InChI is InChI=1S/C21H18N2O5S2/c1-28-14-8-6-13(7-9-14)12-17-19(29)23(21(27)30-17)11-10-18(24)22-16-5-3-2-4-15(16)20(25)26/h2-9,12H,10-11H2,1H3,(H,22,24)(H,25,26)/p-1. The Kier molecular flexibility index (Phi) is 6.86. The second-order valence-electron chi connectivity index (χ2n) is 6.24. The average molecular weight is 442 g/mol. The molecule has 0 radical (unpaired) electrons. The number of carbonyl (C=O) groups excluding carboxylic acids is 3. The first-order valence-corrected chi connectivity index (χ1v) is 10.1. The van der Waals surface area contributed by atoms with E-state index in [2.05, 4.69) is 5.32 Å². The number of carboxylic acids is 1. The smallest absolute Gasteiger partial charge is 0.291 e. The van der Waals surface area contributed by atoms with Crippen LogP contribution in [0.15, 0.2) is 53.4 Å². The number of hydrogen-bond donors (Lipinski definition) is 1. The second-order valence-corrected chi connectivity index (χ2v) is 7.62. The Balaban J connectivity index is 1.62. The Morgan fingerprint density at radius 2 is 1.90 bits per heavy atom. The van der Waals surface area contributed by atoms with E-state index in [1.807, 2.05) is 24.3 Å². The van der Waals surface area contributed by atoms with Crippen LogP contribution in [-0.2, 0) is 4.79 Å². The molecular formula is C21H17N2O5S2-. The van der Waals surface area contributed by atoms with E-state index in [1.54, 1.807) is 19.3 Å². The quantitative estimate of drug-likeness (QED) is 0.521. The number of thiocarbonyl (C=S) groups is 1. The molecule has 2 aromatic carbocycles. The molecule has 3 rings (SSSR count). The molecule has 7 nitrogen and oxygen atoms in total. The number of nitrogens with one attached hydrogen (secondary N) is 1. The van der Waals surface area contributed by atoms with Gasteiger partial charge < -0.3 is 20.0 Å². The van der Waals surface area contributed by atoms with Gasteiger partial charge >= 0.3 is 0 Å². The number of nitrogens with zero attached hydrogens (tertiary/aromatic N) is 1. The summed E-state index contributed by atoms with van der Waals surface area (Å²) in [4.78, 5) is 38.0. The fourth-order valence-corrected chi connectivity index (χ4v) is 4.03. The van der Waals surface area contributed by atoms with E-state index in [9.17, 15) is 19.5 Å². The maximum absolute atomic E-state index is 12.3. The predicted molar refractivity (Wildman–Crippen MR) is 117 cm³/mol. The number of methoxy groups -OCH3 is 1. The third-order valence-corrected chi connectivity index (χ3v) is 5.77. The molecule has 1 aliphatic rings. The highest BCUT2D eigenvalue weighted by Gasteiger charge is 2.31. The van der Waals surface area contributed by atoms with Crippen molar-refractivity contribution in [1.82, 2.24) is 4.90 Å². The van der Waals surface area contributed by atoms with Crippen LogP contribution in [0.1, 0.15) is 22.3 Å². The van der Waals surface area contributed by atoms with Crippen molar-refractivity contribution in [1.29, 1.82) is 0 Å². The lowest BCUT2D eigenvalue weighted by atomic mass is 10.1. The third-order valence-electron chi connectivity index (χ3n) is 4.27. The summed E-state index contributed by atoms with van der Waals surface area (Å²) in [5.74, 6) is -1.09. The fraction of sp³-hybridized carbons (Fsp3) is 0.143. The molecule has 2 amide bonds. The molecule has 0 unspecified atom stereocenters. The Labute approximate surface area is 182 Å². The fourth-order valence-electron chi connectivity index (χ4n) is 2.74. The van der Waals surface area contributed by atoms with E-state index in [0.29, 0.717) is 9.89 Å². The van der Waals surface area contributed by atoms with Gasteiger partial charge in [0.25, 0.3) is 5.24 Å². The van der Waals surface area contributed by atoms with E-state index < -0.39 is 11.9 Å². The van der Waals surface area contributed by atoms with Crippen molar-refractivity contribution in [3.63, 3.8) is 0 Å². The maximum Gasteiger partial charge on any atom is 0.291 e. The van der Waals surface area contributed by atoms with Crippen LogP contribution in [0.25, 0.3) is 6.08 Å². The molecule has 1 N–H and O–H groups in total. The SMILES string of the molecule is COc1ccc(C=C2SC(=O)N(CCC(=O)Nc3ccccc3C(=O)[O-])C2=S)cc1. The van der Waals surface area contributed by atoms with Crippen LogP contribution < -0.4 is 15.2 Å². The van der Waals surface area contributed by atoms with E-state index in [4.69, 9.17) is 17.0 Å². The van der Waals surface area contributed by atoms with Crippen LogP contribution in [0.3, 0.4) is 0 Å². The summed E-state index contributed by atoms with van der Waals surface area (Å²) in [6.45, 7) is 0.0872. The highest BCUT2D eigenvalue weighted by atomic mass is 32.2. The number of benzene rings is 2. The number of hydrogen-bond acceptors (Lipinski definition) is 7. The third kappa shape index (κ3) is 5.05. The lowest BCUT2D eigenvalue weighted by molar-refractivity contribution is -0.254. The first kappa shape index (κ1) is 21.5. The highest BCUT2D eigenvalue weighted by molar-refractivity contribution is 8.19. The van der Waals surface area contributed by atoms with Gasteiger partial charge in [-0.3, -0.25) is 14.5 Å². The molecule has 1 heterocycles. The highest BCUT2D eigenvalue weighted by Crippen LogP contribution is 2.33. The van der Waals surface area contributed by atoms with Crippen LogP contribution >= 0.6 is 24.0 Å². The zero-order valence-corrected chi connectivity index (χ0v) is 17.5. The number of anilines is 1. The molecule has 1 saturated heterocycles. The number of para-hydroxylation sites is 1. The van der Waals surface area contributed by atoms with Gasteiger partial charge in [0.1, 0.15) is 10.7 Å². The zero-order valence-electron chi connectivity index (χ0n) is 15.9. The Bertz CT molecular complexity index is 1030. The first-order valence-electron chi connectivity index (χ1n) is 8.88. The number of carboxylic acid groups (broad SMARTS) is 1. The lowest BCUT2D eigenvalue weighted by Gasteiger charge is -2.15. The molecule has 9 heteroatoms. The van der Waals surface area contributed by atoms with Crippen LogP contribution in [0.4, 0.5) is 10.5 Å². The van der Waals surface area contributed by atoms with Crippen molar-refractivity contribution in [2.24, 2.45) is 0 Å². The van der Waals surface area contributed by atoms with Crippen molar-refractivity contribution in [3.8, 4) is 5.75 Å². The van der Waals surface area contributed by atoms with Crippen LogP contribution in [0.2, 0.25) is 0 Å². The summed E-state index contributed by atoms with van der Waals surface area (Å²) in [6, 6.07) is 13.3. The van der Waals surface area contributed by atoms with Gasteiger partial charge in [0.2, 0.25) is 5.91 Å². The molecule has 0 spiro atoms. The van der Waals surface area contributed by atoms with Crippen LogP contribution in [0.5, 0.6) is 5.75 Å². The number of thioether (sulfide) groups is 1. The van der Waals surface area contributed by atoms with Crippen molar-refractivity contribution in [3.05, 3.63) is 64.6 Å². The molecule has 0 aromatic heterocycles. The molecule has 30 heavy (non-hydrogen) atoms. The summed E-state index contributed by atoms with van der Waals surface area (Å²) in [6.07, 6.45) is 1.77. The summed E-state index contributed by atoms with van der Waals surface area (Å²) >= 11 is 6.40. The molecule has 1 aliphatic heterocycles.